The van der Waals surface area contributed by atoms with Gasteiger partial charge in [0.15, 0.2) is 0 Å². The van der Waals surface area contributed by atoms with Crippen molar-refractivity contribution in [2.75, 3.05) is 18.1 Å². The summed E-state index contributed by atoms with van der Waals surface area (Å²) in [5.74, 6) is 2.41. The van der Waals surface area contributed by atoms with Gasteiger partial charge in [-0.15, -0.1) is 0 Å². The van der Waals surface area contributed by atoms with Gasteiger partial charge in [-0.05, 0) is 18.6 Å². The van der Waals surface area contributed by atoms with Crippen molar-refractivity contribution in [3.05, 3.63) is 0 Å². The third-order valence-corrected chi connectivity index (χ3v) is 3.11. The zero-order valence-electron chi connectivity index (χ0n) is 7.21. The van der Waals surface area contributed by atoms with Gasteiger partial charge >= 0.3 is 0 Å². The molecule has 70 valence electrons. The fraction of sp³-hybridized carbons (Fsp3) is 0.875. The number of carbonyl (C=O) groups excluding carboxylic acids is 1. The van der Waals surface area contributed by atoms with Crippen LogP contribution in [0.1, 0.15) is 19.3 Å². The summed E-state index contributed by atoms with van der Waals surface area (Å²) in [6.45, 7) is 0.450. The smallest absolute Gasteiger partial charge is 0.221 e. The molecule has 1 aliphatic heterocycles. The molecule has 3 nitrogen and oxygen atoms in total. The Morgan fingerprint density at radius 2 is 2.50 bits per heavy atom. The first kappa shape index (κ1) is 9.86. The average Bonchev–Trinajstić information content (AvgIpc) is 2.06. The lowest BCUT2D eigenvalue weighted by molar-refractivity contribution is -0.121. The molecule has 1 atom stereocenters. The molecule has 0 saturated carbocycles. The highest BCUT2D eigenvalue weighted by atomic mass is 32.2. The van der Waals surface area contributed by atoms with E-state index in [0.717, 1.165) is 12.2 Å². The molecule has 0 radical (unpaired) electrons. The van der Waals surface area contributed by atoms with E-state index in [9.17, 15) is 4.79 Å². The Morgan fingerprint density at radius 1 is 1.67 bits per heavy atom. The van der Waals surface area contributed by atoms with Crippen LogP contribution in [0.15, 0.2) is 0 Å². The minimum atomic E-state index is 0.102. The first-order valence-corrected chi connectivity index (χ1v) is 5.55. The summed E-state index contributed by atoms with van der Waals surface area (Å²) in [7, 11) is 0. The van der Waals surface area contributed by atoms with E-state index in [4.69, 9.17) is 5.73 Å². The van der Waals surface area contributed by atoms with Crippen molar-refractivity contribution < 1.29 is 4.79 Å². The molecule has 1 amide bonds. The van der Waals surface area contributed by atoms with Crippen LogP contribution in [0.4, 0.5) is 0 Å². The van der Waals surface area contributed by atoms with Crippen molar-refractivity contribution in [1.29, 1.82) is 0 Å². The van der Waals surface area contributed by atoms with Gasteiger partial charge in [-0.3, -0.25) is 4.79 Å². The molecule has 12 heavy (non-hydrogen) atoms. The fourth-order valence-corrected chi connectivity index (χ4v) is 2.36. The maximum atomic E-state index is 11.1. The van der Waals surface area contributed by atoms with Gasteiger partial charge in [0, 0.05) is 24.8 Å². The van der Waals surface area contributed by atoms with Gasteiger partial charge in [-0.1, -0.05) is 0 Å². The van der Waals surface area contributed by atoms with Crippen molar-refractivity contribution in [1.82, 2.24) is 5.32 Å². The van der Waals surface area contributed by atoms with Crippen LogP contribution in [0.2, 0.25) is 0 Å². The Morgan fingerprint density at radius 3 is 3.08 bits per heavy atom. The van der Waals surface area contributed by atoms with Crippen LogP contribution in [0, 0.1) is 0 Å². The molecule has 3 N–H and O–H groups in total. The van der Waals surface area contributed by atoms with Gasteiger partial charge in [0.05, 0.1) is 0 Å². The summed E-state index contributed by atoms with van der Waals surface area (Å²) in [4.78, 5) is 11.1. The Balaban J connectivity index is 2.15. The molecule has 0 bridgehead atoms. The van der Waals surface area contributed by atoms with E-state index in [1.807, 2.05) is 11.8 Å². The average molecular weight is 188 g/mol. The second-order valence-electron chi connectivity index (χ2n) is 3.02. The lowest BCUT2D eigenvalue weighted by Crippen LogP contribution is -2.39. The summed E-state index contributed by atoms with van der Waals surface area (Å²) in [5, 5.41) is 2.98. The van der Waals surface area contributed by atoms with Gasteiger partial charge in [-0.25, -0.2) is 0 Å². The lowest BCUT2D eigenvalue weighted by atomic mass is 10.2. The minimum absolute atomic E-state index is 0.102. The molecule has 0 aromatic heterocycles. The van der Waals surface area contributed by atoms with Gasteiger partial charge in [0.1, 0.15) is 0 Å². The molecule has 1 unspecified atom stereocenters. The number of nitrogens with one attached hydrogen (secondary N) is 1. The van der Waals surface area contributed by atoms with Gasteiger partial charge in [0.2, 0.25) is 5.91 Å². The van der Waals surface area contributed by atoms with Crippen LogP contribution in [0.5, 0.6) is 0 Å². The topological polar surface area (TPSA) is 55.1 Å². The van der Waals surface area contributed by atoms with Crippen molar-refractivity contribution in [2.45, 2.75) is 25.3 Å². The van der Waals surface area contributed by atoms with E-state index in [1.54, 1.807) is 0 Å². The number of hydrogen-bond acceptors (Lipinski definition) is 3. The first-order valence-electron chi connectivity index (χ1n) is 4.40. The molecule has 4 heteroatoms. The largest absolute Gasteiger partial charge is 0.353 e. The zero-order valence-corrected chi connectivity index (χ0v) is 8.03. The van der Waals surface area contributed by atoms with Gasteiger partial charge in [0.25, 0.3) is 0 Å². The summed E-state index contributed by atoms with van der Waals surface area (Å²) in [6, 6.07) is 0.391. The molecular formula is C8H16N2OS. The van der Waals surface area contributed by atoms with E-state index < -0.39 is 0 Å². The quantitative estimate of drug-likeness (QED) is 0.672. The number of hydrogen-bond donors (Lipinski definition) is 2. The second kappa shape index (κ2) is 5.43. The Kier molecular flexibility index (Phi) is 4.46. The molecule has 1 heterocycles. The van der Waals surface area contributed by atoms with Crippen LogP contribution in [0.25, 0.3) is 0 Å². The maximum Gasteiger partial charge on any atom is 0.221 e. The van der Waals surface area contributed by atoms with E-state index in [0.29, 0.717) is 19.0 Å². The normalized spacial score (nSPS) is 23.6. The predicted octanol–water partition coefficient (Wildman–Crippen LogP) is 0.347. The van der Waals surface area contributed by atoms with Crippen molar-refractivity contribution in [3.63, 3.8) is 0 Å². The van der Waals surface area contributed by atoms with Crippen molar-refractivity contribution in [3.8, 4) is 0 Å². The molecule has 1 saturated heterocycles. The van der Waals surface area contributed by atoms with E-state index in [2.05, 4.69) is 5.32 Å². The number of rotatable bonds is 3. The Bertz CT molecular complexity index is 146. The van der Waals surface area contributed by atoms with Crippen molar-refractivity contribution >= 4 is 17.7 Å². The number of carbonyl (C=O) groups is 1. The molecule has 0 spiro atoms. The summed E-state index contributed by atoms with van der Waals surface area (Å²) in [6.07, 6.45) is 2.81. The number of thioether (sulfide) groups is 1. The standard InChI is InChI=1S/C8H16N2OS/c9-4-3-8(11)10-7-2-1-5-12-6-7/h7H,1-6,9H2,(H,10,11). The van der Waals surface area contributed by atoms with Crippen LogP contribution in [-0.2, 0) is 4.79 Å². The van der Waals surface area contributed by atoms with Crippen LogP contribution in [-0.4, -0.2) is 30.0 Å². The highest BCUT2D eigenvalue weighted by Crippen LogP contribution is 2.16. The number of nitrogens with two attached hydrogens (primary N) is 1. The summed E-state index contributed by atoms with van der Waals surface area (Å²) in [5.41, 5.74) is 5.27. The fourth-order valence-electron chi connectivity index (χ4n) is 1.29. The molecule has 1 fully saturated rings. The molecular weight excluding hydrogens is 172 g/mol. The third kappa shape index (κ3) is 3.45. The van der Waals surface area contributed by atoms with Crippen LogP contribution < -0.4 is 11.1 Å². The van der Waals surface area contributed by atoms with E-state index >= 15 is 0 Å². The minimum Gasteiger partial charge on any atom is -0.353 e. The highest BCUT2D eigenvalue weighted by Gasteiger charge is 2.14. The Labute approximate surface area is 77.5 Å². The van der Waals surface area contributed by atoms with E-state index in [-0.39, 0.29) is 5.91 Å². The summed E-state index contributed by atoms with van der Waals surface area (Å²) < 4.78 is 0. The predicted molar refractivity (Wildman–Crippen MR) is 52.2 cm³/mol. The third-order valence-electron chi connectivity index (χ3n) is 1.90. The van der Waals surface area contributed by atoms with Crippen LogP contribution >= 0.6 is 11.8 Å². The number of amides is 1. The van der Waals surface area contributed by atoms with Crippen molar-refractivity contribution in [2.24, 2.45) is 5.73 Å². The summed E-state index contributed by atoms with van der Waals surface area (Å²) >= 11 is 1.92. The molecule has 0 aromatic carbocycles. The first-order chi connectivity index (χ1) is 5.83. The SMILES string of the molecule is NCCC(=O)NC1CCCSC1. The molecule has 1 rings (SSSR count). The zero-order chi connectivity index (χ0) is 8.81. The Hall–Kier alpha value is -0.220. The monoisotopic (exact) mass is 188 g/mol. The lowest BCUT2D eigenvalue weighted by Gasteiger charge is -2.22. The van der Waals surface area contributed by atoms with Gasteiger partial charge in [-0.2, -0.15) is 11.8 Å². The van der Waals surface area contributed by atoms with Gasteiger partial charge < -0.3 is 11.1 Å². The molecule has 0 aliphatic carbocycles. The van der Waals surface area contributed by atoms with E-state index in [1.165, 1.54) is 12.2 Å². The maximum absolute atomic E-state index is 11.1. The second-order valence-corrected chi connectivity index (χ2v) is 4.17. The van der Waals surface area contributed by atoms with Crippen LogP contribution in [0.3, 0.4) is 0 Å². The molecule has 0 aromatic rings. The highest BCUT2D eigenvalue weighted by molar-refractivity contribution is 7.99. The molecule has 1 aliphatic rings.